The van der Waals surface area contributed by atoms with Crippen LogP contribution in [0.25, 0.3) is 10.1 Å². The normalized spacial score (nSPS) is 26.1. The highest BCUT2D eigenvalue weighted by molar-refractivity contribution is 7.17. The van der Waals surface area contributed by atoms with Gasteiger partial charge >= 0.3 is 5.97 Å². The van der Waals surface area contributed by atoms with Crippen molar-refractivity contribution in [2.45, 2.75) is 58.4 Å². The molecule has 2 N–H and O–H groups in total. The smallest absolute Gasteiger partial charge is 0.303 e. The molecule has 3 aliphatic rings. The Hall–Kier alpha value is -2.34. The molecule has 2 aromatic rings. The zero-order chi connectivity index (χ0) is 22.9. The first-order valence-electron chi connectivity index (χ1n) is 11.5. The molecule has 0 saturated heterocycles. The molecule has 2 bridgehead atoms. The molecule has 172 valence electrons. The Bertz CT molecular complexity index is 1020. The lowest BCUT2D eigenvalue weighted by Crippen LogP contribution is -2.61. The number of thiophene rings is 1. The van der Waals surface area contributed by atoms with Crippen molar-refractivity contribution in [1.82, 2.24) is 5.32 Å². The lowest BCUT2D eigenvalue weighted by atomic mass is 9.44. The van der Waals surface area contributed by atoms with Gasteiger partial charge < -0.3 is 15.2 Å². The van der Waals surface area contributed by atoms with Crippen LogP contribution in [-0.4, -0.2) is 30.1 Å². The van der Waals surface area contributed by atoms with Gasteiger partial charge in [-0.2, -0.15) is 0 Å². The molecule has 3 aliphatic carbocycles. The second-order valence-corrected chi connectivity index (χ2v) is 10.8. The van der Waals surface area contributed by atoms with Crippen LogP contribution in [0.3, 0.4) is 0 Å². The first-order valence-corrected chi connectivity index (χ1v) is 12.4. The quantitative estimate of drug-likeness (QED) is 0.365. The third-order valence-corrected chi connectivity index (χ3v) is 8.76. The lowest BCUT2D eigenvalue weighted by molar-refractivity contribution is -0.137. The molecule has 3 fully saturated rings. The van der Waals surface area contributed by atoms with Gasteiger partial charge in [-0.25, -0.2) is 0 Å². The maximum absolute atomic E-state index is 13.3. The summed E-state index contributed by atoms with van der Waals surface area (Å²) in [6, 6.07) is 6.05. The van der Waals surface area contributed by atoms with Crippen molar-refractivity contribution in [3.05, 3.63) is 41.3 Å². The maximum Gasteiger partial charge on any atom is 0.303 e. The van der Waals surface area contributed by atoms with Crippen LogP contribution in [0.1, 0.15) is 62.7 Å². The number of methoxy groups -OCH3 is 1. The highest BCUT2D eigenvalue weighted by Gasteiger charge is 2.57. The first kappa shape index (κ1) is 22.8. The summed E-state index contributed by atoms with van der Waals surface area (Å²) >= 11 is 1.59. The predicted molar refractivity (Wildman–Crippen MR) is 128 cm³/mol. The van der Waals surface area contributed by atoms with Crippen LogP contribution in [-0.2, 0) is 4.79 Å². The number of allylic oxidation sites excluding steroid dienone is 2. The van der Waals surface area contributed by atoms with Gasteiger partial charge in [0, 0.05) is 27.9 Å². The SMILES string of the molecule is COc1ccc2scc(C(=O)N[C@H]3C[C@H]4C[C@@H]([C@@H]3C/C=C\CCCC(=O)O)C4(C)C)c2c1. The van der Waals surface area contributed by atoms with E-state index in [0.717, 1.165) is 40.7 Å². The van der Waals surface area contributed by atoms with Crippen LogP contribution >= 0.6 is 11.3 Å². The molecule has 1 aromatic heterocycles. The monoisotopic (exact) mass is 455 g/mol. The minimum Gasteiger partial charge on any atom is -0.497 e. The third-order valence-electron chi connectivity index (χ3n) is 7.80. The average molecular weight is 456 g/mol. The number of benzene rings is 1. The maximum atomic E-state index is 13.3. The molecule has 1 heterocycles. The van der Waals surface area contributed by atoms with E-state index in [9.17, 15) is 9.59 Å². The number of fused-ring (bicyclic) bond motifs is 3. The molecule has 6 heteroatoms. The molecule has 5 nitrogen and oxygen atoms in total. The molecular formula is C26H33NO4S. The second kappa shape index (κ2) is 9.26. The molecule has 0 radical (unpaired) electrons. The van der Waals surface area contributed by atoms with Gasteiger partial charge in [0.05, 0.1) is 12.7 Å². The van der Waals surface area contributed by atoms with E-state index in [0.29, 0.717) is 29.6 Å². The van der Waals surface area contributed by atoms with Crippen LogP contribution in [0.15, 0.2) is 35.7 Å². The van der Waals surface area contributed by atoms with E-state index < -0.39 is 5.97 Å². The molecule has 32 heavy (non-hydrogen) atoms. The fourth-order valence-electron chi connectivity index (χ4n) is 5.74. The Morgan fingerprint density at radius 1 is 1.28 bits per heavy atom. The van der Waals surface area contributed by atoms with Gasteiger partial charge in [-0.05, 0) is 73.5 Å². The van der Waals surface area contributed by atoms with E-state index in [4.69, 9.17) is 9.84 Å². The number of hydrogen-bond donors (Lipinski definition) is 2. The number of nitrogens with one attached hydrogen (secondary N) is 1. The van der Waals surface area contributed by atoms with Crippen molar-refractivity contribution >= 4 is 33.3 Å². The van der Waals surface area contributed by atoms with Gasteiger partial charge in [-0.15, -0.1) is 11.3 Å². The molecule has 0 aliphatic heterocycles. The number of aliphatic carboxylic acids is 1. The number of carbonyl (C=O) groups is 2. The van der Waals surface area contributed by atoms with Crippen LogP contribution in [0, 0.1) is 23.2 Å². The van der Waals surface area contributed by atoms with E-state index in [2.05, 4.69) is 31.3 Å². The minimum atomic E-state index is -0.741. The highest BCUT2D eigenvalue weighted by Crippen LogP contribution is 2.62. The van der Waals surface area contributed by atoms with Crippen molar-refractivity contribution in [3.8, 4) is 5.75 Å². The van der Waals surface area contributed by atoms with E-state index >= 15 is 0 Å². The van der Waals surface area contributed by atoms with Crippen molar-refractivity contribution in [2.24, 2.45) is 23.2 Å². The molecule has 4 atom stereocenters. The summed E-state index contributed by atoms with van der Waals surface area (Å²) < 4.78 is 6.44. The third kappa shape index (κ3) is 4.42. The van der Waals surface area contributed by atoms with E-state index in [-0.39, 0.29) is 18.4 Å². The fraction of sp³-hybridized carbons (Fsp3) is 0.538. The Balaban J connectivity index is 1.46. The second-order valence-electron chi connectivity index (χ2n) is 9.84. The van der Waals surface area contributed by atoms with Crippen molar-refractivity contribution < 1.29 is 19.4 Å². The molecule has 5 rings (SSSR count). The standard InChI is InChI=1S/C26H33NO4S/c1-26(2)16-12-21(26)18(8-6-4-5-7-9-24(28)29)22(13-16)27-25(30)20-15-32-23-11-10-17(31-3)14-19(20)23/h4,6,10-11,14-16,18,21-22H,5,7-9,12-13H2,1-3H3,(H,27,30)(H,28,29)/b6-4-/t16-,18+,21+,22+/m1/s1. The molecule has 1 aromatic carbocycles. The summed E-state index contributed by atoms with van der Waals surface area (Å²) in [5, 5.41) is 15.1. The predicted octanol–water partition coefficient (Wildman–Crippen LogP) is 5.89. The number of amides is 1. The van der Waals surface area contributed by atoms with E-state index in [1.807, 2.05) is 23.6 Å². The number of carbonyl (C=O) groups excluding carboxylic acids is 1. The van der Waals surface area contributed by atoms with Crippen LogP contribution in [0.4, 0.5) is 0 Å². The minimum absolute atomic E-state index is 0.00375. The lowest BCUT2D eigenvalue weighted by Gasteiger charge is -2.62. The van der Waals surface area contributed by atoms with Crippen LogP contribution < -0.4 is 10.1 Å². The molecular weight excluding hydrogens is 422 g/mol. The van der Waals surface area contributed by atoms with Crippen LogP contribution in [0.2, 0.25) is 0 Å². The molecule has 3 saturated carbocycles. The number of carboxylic acid groups (broad SMARTS) is 1. The summed E-state index contributed by atoms with van der Waals surface area (Å²) in [6.07, 6.45) is 9.18. The van der Waals surface area contributed by atoms with Gasteiger partial charge in [-0.3, -0.25) is 9.59 Å². The van der Waals surface area contributed by atoms with E-state index in [1.165, 1.54) is 6.42 Å². The van der Waals surface area contributed by atoms with Gasteiger partial charge in [0.1, 0.15) is 5.75 Å². The Morgan fingerprint density at radius 3 is 2.81 bits per heavy atom. The number of carboxylic acids is 1. The van der Waals surface area contributed by atoms with Crippen molar-refractivity contribution in [2.75, 3.05) is 7.11 Å². The van der Waals surface area contributed by atoms with Gasteiger partial charge in [0.15, 0.2) is 0 Å². The van der Waals surface area contributed by atoms with Gasteiger partial charge in [-0.1, -0.05) is 26.0 Å². The zero-order valence-electron chi connectivity index (χ0n) is 19.1. The largest absolute Gasteiger partial charge is 0.497 e. The van der Waals surface area contributed by atoms with Gasteiger partial charge in [0.25, 0.3) is 5.91 Å². The van der Waals surface area contributed by atoms with Crippen molar-refractivity contribution in [1.29, 1.82) is 0 Å². The van der Waals surface area contributed by atoms with Crippen molar-refractivity contribution in [3.63, 3.8) is 0 Å². The first-order chi connectivity index (χ1) is 15.3. The van der Waals surface area contributed by atoms with E-state index in [1.54, 1.807) is 18.4 Å². The number of hydrogen-bond acceptors (Lipinski definition) is 4. The average Bonchev–Trinajstić information content (AvgIpc) is 3.19. The number of unbranched alkanes of at least 4 members (excludes halogenated alkanes) is 1. The summed E-state index contributed by atoms with van der Waals surface area (Å²) in [5.74, 6) is 1.70. The molecule has 1 amide bonds. The number of rotatable bonds is 9. The Labute approximate surface area is 193 Å². The summed E-state index contributed by atoms with van der Waals surface area (Å²) in [6.45, 7) is 4.73. The topological polar surface area (TPSA) is 75.6 Å². The zero-order valence-corrected chi connectivity index (χ0v) is 19.9. The molecule has 0 spiro atoms. The molecule has 0 unspecified atom stereocenters. The Kier molecular flexibility index (Phi) is 6.61. The van der Waals surface area contributed by atoms with Gasteiger partial charge in [0.2, 0.25) is 0 Å². The fourth-order valence-corrected chi connectivity index (χ4v) is 6.66. The summed E-state index contributed by atoms with van der Waals surface area (Å²) in [7, 11) is 1.64. The number of ether oxygens (including phenoxy) is 1. The highest BCUT2D eigenvalue weighted by atomic mass is 32.1. The Morgan fingerprint density at radius 2 is 2.09 bits per heavy atom. The van der Waals surface area contributed by atoms with Crippen LogP contribution in [0.5, 0.6) is 5.75 Å². The summed E-state index contributed by atoms with van der Waals surface area (Å²) in [4.78, 5) is 24.0. The summed E-state index contributed by atoms with van der Waals surface area (Å²) in [5.41, 5.74) is 1.05.